The molecule has 0 bridgehead atoms. The summed E-state index contributed by atoms with van der Waals surface area (Å²) < 4.78 is 5.85. The predicted molar refractivity (Wildman–Crippen MR) is 86.0 cm³/mol. The van der Waals surface area contributed by atoms with E-state index in [4.69, 9.17) is 4.74 Å². The van der Waals surface area contributed by atoms with Crippen molar-refractivity contribution < 1.29 is 4.74 Å². The summed E-state index contributed by atoms with van der Waals surface area (Å²) in [4.78, 5) is 0. The number of ether oxygens (including phenoxy) is 1. The zero-order valence-corrected chi connectivity index (χ0v) is 13.9. The lowest BCUT2D eigenvalue weighted by atomic mass is 9.57. The fraction of sp³-hybridized carbons (Fsp3) is 1.00. The standard InChI is InChI=1S/C18H35NO/c1-4-5-6-7-8-9-10-11-13-19-16-15-12-14-20-17(15)18(16,2)3/h15-17,19H,4-14H2,1-3H3. The van der Waals surface area contributed by atoms with Crippen molar-refractivity contribution in [1.82, 2.24) is 5.32 Å². The van der Waals surface area contributed by atoms with Crippen LogP contribution in [0.5, 0.6) is 0 Å². The molecule has 2 fully saturated rings. The number of unbranched alkanes of at least 4 members (excludes halogenated alkanes) is 7. The van der Waals surface area contributed by atoms with Crippen molar-refractivity contribution in [1.29, 1.82) is 0 Å². The molecule has 3 unspecified atom stereocenters. The van der Waals surface area contributed by atoms with E-state index >= 15 is 0 Å². The van der Waals surface area contributed by atoms with Gasteiger partial charge in [0.25, 0.3) is 0 Å². The first-order valence-corrected chi connectivity index (χ1v) is 9.03. The average Bonchev–Trinajstić information content (AvgIpc) is 2.87. The maximum absolute atomic E-state index is 5.85. The monoisotopic (exact) mass is 281 g/mol. The third-order valence-corrected chi connectivity index (χ3v) is 5.50. The molecule has 0 amide bonds. The lowest BCUT2D eigenvalue weighted by Gasteiger charge is -2.55. The molecule has 2 aliphatic rings. The minimum atomic E-state index is 0.349. The van der Waals surface area contributed by atoms with Crippen LogP contribution in [0.15, 0.2) is 0 Å². The quantitative estimate of drug-likeness (QED) is 0.594. The molecule has 2 rings (SSSR count). The molecule has 2 nitrogen and oxygen atoms in total. The number of hydrogen-bond acceptors (Lipinski definition) is 2. The van der Waals surface area contributed by atoms with Crippen LogP contribution in [0.2, 0.25) is 0 Å². The maximum atomic E-state index is 5.85. The van der Waals surface area contributed by atoms with Gasteiger partial charge in [-0.3, -0.25) is 0 Å². The summed E-state index contributed by atoms with van der Waals surface area (Å²) in [6.07, 6.45) is 13.1. The van der Waals surface area contributed by atoms with Gasteiger partial charge in [0.1, 0.15) is 0 Å². The molecule has 1 aliphatic carbocycles. The van der Waals surface area contributed by atoms with Crippen molar-refractivity contribution >= 4 is 0 Å². The van der Waals surface area contributed by atoms with Crippen molar-refractivity contribution in [3.05, 3.63) is 0 Å². The third kappa shape index (κ3) is 3.76. The zero-order chi connectivity index (χ0) is 14.4. The van der Waals surface area contributed by atoms with Gasteiger partial charge < -0.3 is 10.1 Å². The molecule has 20 heavy (non-hydrogen) atoms. The summed E-state index contributed by atoms with van der Waals surface area (Å²) in [5.41, 5.74) is 0.349. The van der Waals surface area contributed by atoms with Gasteiger partial charge >= 0.3 is 0 Å². The van der Waals surface area contributed by atoms with E-state index in [2.05, 4.69) is 26.1 Å². The first-order chi connectivity index (χ1) is 9.68. The van der Waals surface area contributed by atoms with E-state index in [1.165, 1.54) is 64.3 Å². The fourth-order valence-corrected chi connectivity index (χ4v) is 4.26. The zero-order valence-electron chi connectivity index (χ0n) is 13.9. The Hall–Kier alpha value is -0.0800. The Morgan fingerprint density at radius 3 is 2.35 bits per heavy atom. The highest BCUT2D eigenvalue weighted by Gasteiger charge is 2.58. The Balaban J connectivity index is 1.47. The largest absolute Gasteiger partial charge is 0.377 e. The molecule has 2 heteroatoms. The Labute approximate surface area is 126 Å². The minimum absolute atomic E-state index is 0.349. The first kappa shape index (κ1) is 16.3. The summed E-state index contributed by atoms with van der Waals surface area (Å²) >= 11 is 0. The third-order valence-electron chi connectivity index (χ3n) is 5.50. The number of nitrogens with one attached hydrogen (secondary N) is 1. The van der Waals surface area contributed by atoms with Gasteiger partial charge in [-0.2, -0.15) is 0 Å². The van der Waals surface area contributed by atoms with Crippen LogP contribution >= 0.6 is 0 Å². The van der Waals surface area contributed by atoms with Gasteiger partial charge in [0.2, 0.25) is 0 Å². The van der Waals surface area contributed by atoms with E-state index in [0.29, 0.717) is 17.6 Å². The van der Waals surface area contributed by atoms with Gasteiger partial charge in [-0.05, 0) is 19.4 Å². The predicted octanol–water partition coefficient (Wildman–Crippen LogP) is 4.53. The van der Waals surface area contributed by atoms with Gasteiger partial charge in [-0.1, -0.05) is 65.7 Å². The summed E-state index contributed by atoms with van der Waals surface area (Å²) in [7, 11) is 0. The van der Waals surface area contributed by atoms with Crippen LogP contribution in [0, 0.1) is 11.3 Å². The normalized spacial score (nSPS) is 31.1. The summed E-state index contributed by atoms with van der Waals surface area (Å²) in [5, 5.41) is 3.81. The van der Waals surface area contributed by atoms with Gasteiger partial charge in [0.15, 0.2) is 0 Å². The molecule has 1 heterocycles. The summed E-state index contributed by atoms with van der Waals surface area (Å²) in [6, 6.07) is 0.694. The molecule has 118 valence electrons. The molecule has 1 aliphatic heterocycles. The number of fused-ring (bicyclic) bond motifs is 1. The van der Waals surface area contributed by atoms with E-state index in [0.717, 1.165) is 12.5 Å². The van der Waals surface area contributed by atoms with Crippen LogP contribution in [-0.2, 0) is 4.74 Å². The molecule has 0 radical (unpaired) electrons. The summed E-state index contributed by atoms with van der Waals surface area (Å²) in [6.45, 7) is 9.20. The highest BCUT2D eigenvalue weighted by atomic mass is 16.5. The van der Waals surface area contributed by atoms with Gasteiger partial charge in [-0.25, -0.2) is 0 Å². The lowest BCUT2D eigenvalue weighted by Crippen LogP contribution is -2.65. The molecule has 0 aromatic carbocycles. The summed E-state index contributed by atoms with van der Waals surface area (Å²) in [5.74, 6) is 0.791. The number of rotatable bonds is 10. The van der Waals surface area contributed by atoms with Crippen LogP contribution in [-0.4, -0.2) is 25.3 Å². The van der Waals surface area contributed by atoms with Crippen LogP contribution in [0.3, 0.4) is 0 Å². The van der Waals surface area contributed by atoms with E-state index in [-0.39, 0.29) is 0 Å². The SMILES string of the molecule is CCCCCCCCCCNC1C2CCOC2C1(C)C. The van der Waals surface area contributed by atoms with Crippen molar-refractivity contribution in [2.75, 3.05) is 13.2 Å². The Morgan fingerprint density at radius 2 is 1.65 bits per heavy atom. The second-order valence-corrected chi connectivity index (χ2v) is 7.47. The lowest BCUT2D eigenvalue weighted by molar-refractivity contribution is -0.112. The minimum Gasteiger partial charge on any atom is -0.377 e. The Bertz CT molecular complexity index is 277. The molecule has 0 spiro atoms. The molecular formula is C18H35NO. The maximum Gasteiger partial charge on any atom is 0.0685 e. The highest BCUT2D eigenvalue weighted by Crippen LogP contribution is 2.52. The molecule has 3 atom stereocenters. The Morgan fingerprint density at radius 1 is 1.00 bits per heavy atom. The van der Waals surface area contributed by atoms with Crippen LogP contribution < -0.4 is 5.32 Å². The first-order valence-electron chi connectivity index (χ1n) is 9.03. The topological polar surface area (TPSA) is 21.3 Å². The van der Waals surface area contributed by atoms with Crippen LogP contribution in [0.4, 0.5) is 0 Å². The number of hydrogen-bond donors (Lipinski definition) is 1. The highest BCUT2D eigenvalue weighted by molar-refractivity contribution is 5.11. The molecule has 1 N–H and O–H groups in total. The van der Waals surface area contributed by atoms with E-state index in [9.17, 15) is 0 Å². The van der Waals surface area contributed by atoms with Crippen molar-refractivity contribution in [2.45, 2.75) is 90.7 Å². The second-order valence-electron chi connectivity index (χ2n) is 7.47. The molecule has 1 saturated carbocycles. The van der Waals surface area contributed by atoms with Crippen LogP contribution in [0.25, 0.3) is 0 Å². The Kier molecular flexibility index (Phi) is 6.35. The van der Waals surface area contributed by atoms with Crippen LogP contribution in [0.1, 0.15) is 78.6 Å². The van der Waals surface area contributed by atoms with E-state index in [1.54, 1.807) is 0 Å². The smallest absolute Gasteiger partial charge is 0.0685 e. The van der Waals surface area contributed by atoms with Crippen molar-refractivity contribution in [3.8, 4) is 0 Å². The van der Waals surface area contributed by atoms with Gasteiger partial charge in [0.05, 0.1) is 6.10 Å². The second kappa shape index (κ2) is 7.79. The van der Waals surface area contributed by atoms with Gasteiger partial charge in [0, 0.05) is 24.0 Å². The molecule has 0 aromatic rings. The van der Waals surface area contributed by atoms with Crippen molar-refractivity contribution in [3.63, 3.8) is 0 Å². The average molecular weight is 281 g/mol. The molecule has 0 aromatic heterocycles. The van der Waals surface area contributed by atoms with E-state index < -0.39 is 0 Å². The molecule has 1 saturated heterocycles. The van der Waals surface area contributed by atoms with E-state index in [1.807, 2.05) is 0 Å². The van der Waals surface area contributed by atoms with Crippen molar-refractivity contribution in [2.24, 2.45) is 11.3 Å². The molecular weight excluding hydrogens is 246 g/mol. The fourth-order valence-electron chi connectivity index (χ4n) is 4.26. The van der Waals surface area contributed by atoms with Gasteiger partial charge in [-0.15, -0.1) is 0 Å².